The largest absolute Gasteiger partial charge is 0.465 e. The molecule has 23 heavy (non-hydrogen) atoms. The standard InChI is InChI=1S/C14H16Cl2N4O2S/c1-7-10(4-11(21)22-6-9-5-14(9,15)16)8(2)20-12(17-7)18-13(19-20)23-3/h9H,4-6H2,1-3H3. The quantitative estimate of drug-likeness (QED) is 0.455. The molecule has 1 saturated carbocycles. The summed E-state index contributed by atoms with van der Waals surface area (Å²) in [6.45, 7) is 4.00. The van der Waals surface area contributed by atoms with E-state index < -0.39 is 4.33 Å². The van der Waals surface area contributed by atoms with Gasteiger partial charge in [0.2, 0.25) is 5.16 Å². The van der Waals surface area contributed by atoms with Crippen LogP contribution in [-0.4, -0.2) is 42.7 Å². The molecule has 3 rings (SSSR count). The van der Waals surface area contributed by atoms with Crippen LogP contribution in [0.25, 0.3) is 5.78 Å². The Kier molecular flexibility index (Phi) is 4.46. The molecule has 1 atom stereocenters. The van der Waals surface area contributed by atoms with Crippen molar-refractivity contribution in [3.05, 3.63) is 17.0 Å². The Balaban J connectivity index is 1.75. The summed E-state index contributed by atoms with van der Waals surface area (Å²) in [5, 5.41) is 5.01. The summed E-state index contributed by atoms with van der Waals surface area (Å²) < 4.78 is 6.19. The van der Waals surface area contributed by atoms with Crippen molar-refractivity contribution in [2.24, 2.45) is 5.92 Å². The van der Waals surface area contributed by atoms with Crippen LogP contribution in [0, 0.1) is 19.8 Å². The molecule has 0 bridgehead atoms. The number of fused-ring (bicyclic) bond motifs is 1. The van der Waals surface area contributed by atoms with Crippen LogP contribution < -0.4 is 0 Å². The Morgan fingerprint density at radius 3 is 2.74 bits per heavy atom. The monoisotopic (exact) mass is 374 g/mol. The molecule has 1 fully saturated rings. The van der Waals surface area contributed by atoms with Gasteiger partial charge in [-0.05, 0) is 26.5 Å². The normalized spacial score (nSPS) is 19.1. The molecule has 1 aliphatic carbocycles. The Bertz CT molecular complexity index is 778. The maximum absolute atomic E-state index is 12.1. The van der Waals surface area contributed by atoms with E-state index in [-0.39, 0.29) is 24.9 Å². The van der Waals surface area contributed by atoms with E-state index >= 15 is 0 Å². The van der Waals surface area contributed by atoms with E-state index in [1.807, 2.05) is 20.1 Å². The van der Waals surface area contributed by atoms with E-state index in [1.54, 1.807) is 4.52 Å². The Morgan fingerprint density at radius 2 is 2.13 bits per heavy atom. The van der Waals surface area contributed by atoms with Crippen LogP contribution in [0.5, 0.6) is 0 Å². The van der Waals surface area contributed by atoms with Gasteiger partial charge in [-0.1, -0.05) is 11.8 Å². The van der Waals surface area contributed by atoms with Gasteiger partial charge in [0.05, 0.1) is 13.0 Å². The smallest absolute Gasteiger partial charge is 0.310 e. The van der Waals surface area contributed by atoms with Gasteiger partial charge in [0, 0.05) is 22.9 Å². The number of carbonyl (C=O) groups excluding carboxylic acids is 1. The maximum atomic E-state index is 12.1. The molecule has 0 aromatic carbocycles. The number of aryl methyl sites for hydroxylation is 2. The first-order chi connectivity index (χ1) is 10.8. The van der Waals surface area contributed by atoms with Gasteiger partial charge in [-0.15, -0.1) is 28.3 Å². The zero-order valence-electron chi connectivity index (χ0n) is 13.0. The van der Waals surface area contributed by atoms with Crippen molar-refractivity contribution in [3.63, 3.8) is 0 Å². The third-order valence-electron chi connectivity index (χ3n) is 3.93. The summed E-state index contributed by atoms with van der Waals surface area (Å²) in [6.07, 6.45) is 2.70. The van der Waals surface area contributed by atoms with Crippen LogP contribution in [0.3, 0.4) is 0 Å². The molecule has 2 heterocycles. The molecule has 1 aliphatic rings. The molecule has 0 aliphatic heterocycles. The van der Waals surface area contributed by atoms with E-state index in [0.29, 0.717) is 17.4 Å². The molecular formula is C14H16Cl2N4O2S. The zero-order valence-corrected chi connectivity index (χ0v) is 15.3. The molecule has 0 N–H and O–H groups in total. The summed E-state index contributed by atoms with van der Waals surface area (Å²) in [6, 6.07) is 0. The third-order valence-corrected chi connectivity index (χ3v) is 5.40. The van der Waals surface area contributed by atoms with Gasteiger partial charge in [-0.2, -0.15) is 4.98 Å². The van der Waals surface area contributed by atoms with Crippen molar-refractivity contribution in [1.29, 1.82) is 0 Å². The molecule has 0 amide bonds. The Labute approximate surface area is 147 Å². The van der Waals surface area contributed by atoms with Crippen LogP contribution in [0.2, 0.25) is 0 Å². The van der Waals surface area contributed by atoms with Gasteiger partial charge in [0.25, 0.3) is 5.78 Å². The van der Waals surface area contributed by atoms with Crippen molar-refractivity contribution in [1.82, 2.24) is 19.6 Å². The summed E-state index contributed by atoms with van der Waals surface area (Å²) >= 11 is 13.3. The van der Waals surface area contributed by atoms with Crippen LogP contribution in [0.4, 0.5) is 0 Å². The van der Waals surface area contributed by atoms with Gasteiger partial charge in [-0.25, -0.2) is 9.50 Å². The number of halogens is 2. The minimum Gasteiger partial charge on any atom is -0.465 e. The first-order valence-electron chi connectivity index (χ1n) is 7.12. The molecule has 124 valence electrons. The van der Waals surface area contributed by atoms with E-state index in [9.17, 15) is 4.79 Å². The fraction of sp³-hybridized carbons (Fsp3) is 0.571. The van der Waals surface area contributed by atoms with E-state index in [4.69, 9.17) is 27.9 Å². The highest BCUT2D eigenvalue weighted by atomic mass is 35.5. The molecule has 9 heteroatoms. The molecule has 1 unspecified atom stereocenters. The van der Waals surface area contributed by atoms with E-state index in [0.717, 1.165) is 17.0 Å². The van der Waals surface area contributed by atoms with Crippen LogP contribution >= 0.6 is 35.0 Å². The second-order valence-corrected chi connectivity index (χ2v) is 7.91. The van der Waals surface area contributed by atoms with Gasteiger partial charge < -0.3 is 4.74 Å². The number of rotatable bonds is 5. The lowest BCUT2D eigenvalue weighted by molar-refractivity contribution is -0.143. The maximum Gasteiger partial charge on any atom is 0.310 e. The fourth-order valence-electron chi connectivity index (χ4n) is 2.37. The van der Waals surface area contributed by atoms with Gasteiger partial charge >= 0.3 is 5.97 Å². The minimum absolute atomic E-state index is 0.0250. The van der Waals surface area contributed by atoms with Crippen molar-refractivity contribution in [2.75, 3.05) is 12.9 Å². The SMILES string of the molecule is CSc1nc2nc(C)c(CC(=O)OCC3CC3(Cl)Cl)c(C)n2n1. The van der Waals surface area contributed by atoms with Crippen molar-refractivity contribution in [3.8, 4) is 0 Å². The zero-order chi connectivity index (χ0) is 16.8. The average molecular weight is 375 g/mol. The van der Waals surface area contributed by atoms with Crippen LogP contribution in [0.1, 0.15) is 23.4 Å². The first-order valence-corrected chi connectivity index (χ1v) is 9.10. The number of carbonyl (C=O) groups is 1. The molecule has 0 spiro atoms. The minimum atomic E-state index is -0.735. The molecule has 0 radical (unpaired) electrons. The first kappa shape index (κ1) is 16.8. The highest BCUT2D eigenvalue weighted by Gasteiger charge is 2.52. The molecule has 6 nitrogen and oxygen atoms in total. The number of hydrogen-bond acceptors (Lipinski definition) is 6. The van der Waals surface area contributed by atoms with Crippen LogP contribution in [0.15, 0.2) is 5.16 Å². The Morgan fingerprint density at radius 1 is 1.43 bits per heavy atom. The van der Waals surface area contributed by atoms with Crippen molar-refractivity contribution in [2.45, 2.75) is 36.2 Å². The molecule has 0 saturated heterocycles. The Hall–Kier alpha value is -1.05. The molecule has 2 aromatic heterocycles. The number of esters is 1. The fourth-order valence-corrected chi connectivity index (χ4v) is 3.21. The summed E-state index contributed by atoms with van der Waals surface area (Å²) in [5.74, 6) is 0.240. The highest BCUT2D eigenvalue weighted by molar-refractivity contribution is 7.98. The number of alkyl halides is 2. The average Bonchev–Trinajstić information content (AvgIpc) is 2.91. The second-order valence-electron chi connectivity index (χ2n) is 5.59. The predicted molar refractivity (Wildman–Crippen MR) is 89.2 cm³/mol. The van der Waals surface area contributed by atoms with Gasteiger partial charge in [0.15, 0.2) is 0 Å². The topological polar surface area (TPSA) is 69.4 Å². The lowest BCUT2D eigenvalue weighted by Gasteiger charge is -2.10. The third kappa shape index (κ3) is 3.41. The van der Waals surface area contributed by atoms with Crippen molar-refractivity contribution < 1.29 is 9.53 Å². The summed E-state index contributed by atoms with van der Waals surface area (Å²) in [5.41, 5.74) is 2.40. The molecular weight excluding hydrogens is 359 g/mol. The second kappa shape index (κ2) is 6.11. The lowest BCUT2D eigenvalue weighted by Crippen LogP contribution is -2.15. The summed E-state index contributed by atoms with van der Waals surface area (Å²) in [7, 11) is 0. The number of aromatic nitrogens is 4. The number of hydrogen-bond donors (Lipinski definition) is 0. The number of nitrogens with zero attached hydrogens (tertiary/aromatic N) is 4. The molecule has 2 aromatic rings. The van der Waals surface area contributed by atoms with Gasteiger partial charge in [-0.3, -0.25) is 4.79 Å². The van der Waals surface area contributed by atoms with Gasteiger partial charge in [0.1, 0.15) is 4.33 Å². The predicted octanol–water partition coefficient (Wildman–Crippen LogP) is 2.74. The highest BCUT2D eigenvalue weighted by Crippen LogP contribution is 2.53. The summed E-state index contributed by atoms with van der Waals surface area (Å²) in [4.78, 5) is 20.8. The van der Waals surface area contributed by atoms with Crippen LogP contribution in [-0.2, 0) is 16.0 Å². The number of thioether (sulfide) groups is 1. The van der Waals surface area contributed by atoms with E-state index in [1.165, 1.54) is 11.8 Å². The lowest BCUT2D eigenvalue weighted by atomic mass is 10.1. The van der Waals surface area contributed by atoms with E-state index in [2.05, 4.69) is 15.1 Å². The van der Waals surface area contributed by atoms with Crippen molar-refractivity contribution >= 4 is 46.7 Å². The number of ether oxygens (including phenoxy) is 1.